The number of nitrogens with zero attached hydrogens (tertiary/aromatic N) is 1. The smallest absolute Gasteiger partial charge is 0.297 e. The van der Waals surface area contributed by atoms with Crippen molar-refractivity contribution in [3.8, 4) is 17.1 Å². The highest BCUT2D eigenvalue weighted by Gasteiger charge is 2.47. The molecule has 1 aliphatic heterocycles. The topological polar surface area (TPSA) is 120 Å². The van der Waals surface area contributed by atoms with E-state index >= 15 is 4.39 Å². The fraction of sp³-hybridized carbons (Fsp3) is 0.381. The number of nitrogens with one attached hydrogen (secondary N) is 2. The van der Waals surface area contributed by atoms with Crippen LogP contribution in [0.3, 0.4) is 0 Å². The molecule has 1 aliphatic carbocycles. The monoisotopic (exact) mass is 433 g/mol. The van der Waals surface area contributed by atoms with Crippen LogP contribution in [0.4, 0.5) is 8.78 Å². The van der Waals surface area contributed by atoms with Crippen molar-refractivity contribution in [2.75, 3.05) is 0 Å². The summed E-state index contributed by atoms with van der Waals surface area (Å²) in [5.74, 6) is -3.37. The van der Waals surface area contributed by atoms with E-state index in [4.69, 9.17) is 9.47 Å². The molecule has 1 saturated carbocycles. The number of hydrogen-bond acceptors (Lipinski definition) is 7. The largest absolute Gasteiger partial charge is 0.428 e. The Morgan fingerprint density at radius 1 is 1.19 bits per heavy atom. The van der Waals surface area contributed by atoms with Crippen LogP contribution in [0.5, 0.6) is 6.01 Å². The van der Waals surface area contributed by atoms with E-state index in [1.54, 1.807) is 24.3 Å². The number of fused-ring (bicyclic) bond motifs is 1. The fourth-order valence-corrected chi connectivity index (χ4v) is 4.00. The van der Waals surface area contributed by atoms with Crippen LogP contribution in [0.15, 0.2) is 30.3 Å². The molecule has 2 aromatic carbocycles. The highest BCUT2D eigenvalue weighted by atomic mass is 19.1. The molecule has 8 nitrogen and oxygen atoms in total. The van der Waals surface area contributed by atoms with Crippen LogP contribution >= 0.6 is 0 Å². The van der Waals surface area contributed by atoms with Crippen molar-refractivity contribution >= 4 is 11.0 Å². The predicted octanol–water partition coefficient (Wildman–Crippen LogP) is 2.19. The molecule has 3 atom stereocenters. The predicted molar refractivity (Wildman–Crippen MR) is 104 cm³/mol. The minimum absolute atomic E-state index is 0.0544. The second-order valence-corrected chi connectivity index (χ2v) is 8.11. The van der Waals surface area contributed by atoms with Gasteiger partial charge < -0.3 is 25.0 Å². The number of aromatic amines is 1. The Morgan fingerprint density at radius 2 is 1.90 bits per heavy atom. The zero-order valence-electron chi connectivity index (χ0n) is 16.5. The number of H-pyrrole nitrogens is 1. The maximum Gasteiger partial charge on any atom is 0.297 e. The maximum absolute atomic E-state index is 15.2. The van der Waals surface area contributed by atoms with Gasteiger partial charge in [-0.25, -0.2) is 14.1 Å². The lowest BCUT2D eigenvalue weighted by atomic mass is 9.75. The first-order chi connectivity index (χ1) is 14.7. The summed E-state index contributed by atoms with van der Waals surface area (Å²) >= 11 is 0. The van der Waals surface area contributed by atoms with Crippen LogP contribution in [0.2, 0.25) is 0 Å². The summed E-state index contributed by atoms with van der Waals surface area (Å²) in [6.45, 7) is 1.36. The van der Waals surface area contributed by atoms with Crippen molar-refractivity contribution in [3.05, 3.63) is 47.5 Å². The average Bonchev–Trinajstić information content (AvgIpc) is 3.19. The lowest BCUT2D eigenvalue weighted by Gasteiger charge is -2.37. The van der Waals surface area contributed by atoms with Gasteiger partial charge in [-0.3, -0.25) is 4.74 Å². The first kappa shape index (κ1) is 20.3. The van der Waals surface area contributed by atoms with Gasteiger partial charge >= 0.3 is 0 Å². The van der Waals surface area contributed by atoms with E-state index in [2.05, 4.69) is 15.3 Å². The van der Waals surface area contributed by atoms with Gasteiger partial charge in [0.2, 0.25) is 6.41 Å². The van der Waals surface area contributed by atoms with Gasteiger partial charge in [-0.1, -0.05) is 24.3 Å². The highest BCUT2D eigenvalue weighted by molar-refractivity contribution is 5.84. The molecule has 0 bridgehead atoms. The molecule has 0 radical (unpaired) electrons. The number of halogens is 2. The number of aliphatic hydroxyl groups is 3. The Hall–Kier alpha value is -2.63. The van der Waals surface area contributed by atoms with Crippen molar-refractivity contribution in [3.63, 3.8) is 0 Å². The molecule has 2 aliphatic rings. The van der Waals surface area contributed by atoms with Gasteiger partial charge in [0, 0.05) is 13.0 Å². The molecule has 3 aromatic rings. The van der Waals surface area contributed by atoms with Gasteiger partial charge in [0.25, 0.3) is 11.8 Å². The number of ether oxygens (including phenoxy) is 2. The van der Waals surface area contributed by atoms with Crippen LogP contribution in [0.25, 0.3) is 22.2 Å². The SMILES string of the molecule is CC1(Oc2nc3c(F)c(-c4ccc(C5(O)CCC5)cc4)c(F)cc3[nH]2)OC(O)NC1O. The Kier molecular flexibility index (Phi) is 4.54. The molecule has 0 amide bonds. The normalized spacial score (nSPS) is 27.4. The van der Waals surface area contributed by atoms with E-state index in [0.29, 0.717) is 18.4 Å². The number of rotatable bonds is 4. The van der Waals surface area contributed by atoms with Crippen LogP contribution in [-0.4, -0.2) is 43.7 Å². The van der Waals surface area contributed by atoms with E-state index in [1.807, 2.05) is 0 Å². The molecule has 3 unspecified atom stereocenters. The molecular weight excluding hydrogens is 412 g/mol. The zero-order valence-corrected chi connectivity index (χ0v) is 16.5. The number of benzene rings is 2. The van der Waals surface area contributed by atoms with Gasteiger partial charge in [-0.05, 0) is 30.4 Å². The van der Waals surface area contributed by atoms with E-state index < -0.39 is 35.7 Å². The summed E-state index contributed by atoms with van der Waals surface area (Å²) in [7, 11) is 0. The molecule has 164 valence electrons. The van der Waals surface area contributed by atoms with Crippen LogP contribution in [0.1, 0.15) is 31.7 Å². The average molecular weight is 433 g/mol. The first-order valence-electron chi connectivity index (χ1n) is 9.89. The summed E-state index contributed by atoms with van der Waals surface area (Å²) < 4.78 is 40.6. The van der Waals surface area contributed by atoms with E-state index in [-0.39, 0.29) is 22.6 Å². The molecule has 31 heavy (non-hydrogen) atoms. The Bertz CT molecular complexity index is 1150. The van der Waals surface area contributed by atoms with Gasteiger partial charge in [0.15, 0.2) is 12.0 Å². The van der Waals surface area contributed by atoms with Gasteiger partial charge in [0.1, 0.15) is 11.3 Å². The summed E-state index contributed by atoms with van der Waals surface area (Å²) in [6, 6.07) is 7.37. The molecule has 2 heterocycles. The fourth-order valence-electron chi connectivity index (χ4n) is 4.00. The Balaban J connectivity index is 1.49. The summed E-state index contributed by atoms with van der Waals surface area (Å²) in [5.41, 5.74) is -0.184. The van der Waals surface area contributed by atoms with Crippen molar-refractivity contribution < 1.29 is 33.6 Å². The highest BCUT2D eigenvalue weighted by Crippen LogP contribution is 2.42. The maximum atomic E-state index is 15.2. The molecular formula is C21H21F2N3O5. The van der Waals surface area contributed by atoms with Crippen molar-refractivity contribution in [1.29, 1.82) is 0 Å². The Labute approximate surface area is 175 Å². The van der Waals surface area contributed by atoms with Gasteiger partial charge in [-0.15, -0.1) is 0 Å². The lowest BCUT2D eigenvalue weighted by Crippen LogP contribution is -2.46. The number of aliphatic hydroxyl groups excluding tert-OH is 2. The van der Waals surface area contributed by atoms with Crippen molar-refractivity contribution in [2.45, 2.75) is 50.2 Å². The zero-order chi connectivity index (χ0) is 22.0. The molecule has 0 spiro atoms. The van der Waals surface area contributed by atoms with Crippen LogP contribution < -0.4 is 10.1 Å². The van der Waals surface area contributed by atoms with Gasteiger partial charge in [-0.2, -0.15) is 4.98 Å². The summed E-state index contributed by atoms with van der Waals surface area (Å²) in [5, 5.41) is 32.1. The van der Waals surface area contributed by atoms with Crippen molar-refractivity contribution in [2.24, 2.45) is 0 Å². The van der Waals surface area contributed by atoms with Crippen LogP contribution in [0, 0.1) is 11.6 Å². The number of aromatic nitrogens is 2. The minimum atomic E-state index is -1.69. The second kappa shape index (κ2) is 6.94. The molecule has 1 aromatic heterocycles. The second-order valence-electron chi connectivity index (χ2n) is 8.11. The van der Waals surface area contributed by atoms with E-state index in [9.17, 15) is 19.7 Å². The molecule has 1 saturated heterocycles. The third-order valence-corrected chi connectivity index (χ3v) is 5.98. The number of hydrogen-bond donors (Lipinski definition) is 5. The Morgan fingerprint density at radius 3 is 2.48 bits per heavy atom. The van der Waals surface area contributed by atoms with E-state index in [1.165, 1.54) is 6.92 Å². The lowest BCUT2D eigenvalue weighted by molar-refractivity contribution is -0.233. The first-order valence-corrected chi connectivity index (χ1v) is 9.89. The summed E-state index contributed by atoms with van der Waals surface area (Å²) in [4.78, 5) is 6.67. The molecule has 5 rings (SSSR count). The quantitative estimate of drug-likeness (QED) is 0.428. The standard InChI is InChI=1S/C21H21F2N3O5/c1-20(17(27)26-19(28)31-20)30-18-24-13-9-12(22)14(15(23)16(13)25-18)10-3-5-11(6-4-10)21(29)7-2-8-21/h3-6,9,17,19,26-29H,2,7-8H2,1H3,(H,24,25). The van der Waals surface area contributed by atoms with Gasteiger partial charge in [0.05, 0.1) is 16.7 Å². The van der Waals surface area contributed by atoms with E-state index in [0.717, 1.165) is 18.1 Å². The third-order valence-electron chi connectivity index (χ3n) is 5.98. The number of imidazole rings is 1. The molecule has 5 N–H and O–H groups in total. The van der Waals surface area contributed by atoms with Crippen molar-refractivity contribution in [1.82, 2.24) is 15.3 Å². The molecule has 2 fully saturated rings. The summed E-state index contributed by atoms with van der Waals surface area (Å²) in [6.07, 6.45) is -0.553. The molecule has 10 heteroatoms. The minimum Gasteiger partial charge on any atom is -0.428 e. The third kappa shape index (κ3) is 3.27. The van der Waals surface area contributed by atoms with Crippen LogP contribution in [-0.2, 0) is 10.3 Å².